The number of ether oxygens (including phenoxy) is 1. The molecule has 11 heteroatoms. The number of piperazine rings is 1. The minimum atomic E-state index is -1.000. The highest BCUT2D eigenvalue weighted by Gasteiger charge is 2.49. The van der Waals surface area contributed by atoms with Gasteiger partial charge in [-0.15, -0.1) is 0 Å². The molecule has 6 heterocycles. The number of pyridine rings is 1. The molecule has 0 aliphatic carbocycles. The topological polar surface area (TPSA) is 89.5 Å². The monoisotopic (exact) mass is 564 g/mol. The van der Waals surface area contributed by atoms with E-state index in [0.29, 0.717) is 65.3 Å². The number of nitrogens with zero attached hydrogens (tertiary/aromatic N) is 4. The first kappa shape index (κ1) is 25.2. The maximum absolute atomic E-state index is 15.2. The number of alkyl halides is 1. The Bertz CT molecular complexity index is 1670. The summed E-state index contributed by atoms with van der Waals surface area (Å²) >= 11 is 0. The Morgan fingerprint density at radius 2 is 1.93 bits per heavy atom. The van der Waals surface area contributed by atoms with Gasteiger partial charge in [0.25, 0.3) is 0 Å². The molecule has 0 saturated carbocycles. The zero-order valence-corrected chi connectivity index (χ0v) is 22.5. The van der Waals surface area contributed by atoms with Crippen molar-refractivity contribution in [1.82, 2.24) is 25.4 Å². The van der Waals surface area contributed by atoms with Gasteiger partial charge in [-0.2, -0.15) is 10.1 Å². The lowest BCUT2D eigenvalue weighted by atomic mass is 9.95. The van der Waals surface area contributed by atoms with E-state index in [9.17, 15) is 13.9 Å². The van der Waals surface area contributed by atoms with Crippen molar-refractivity contribution in [2.24, 2.45) is 0 Å². The van der Waals surface area contributed by atoms with Crippen LogP contribution in [0.5, 0.6) is 11.6 Å². The SMILES string of the molecule is Oc1cc(-c2n[nH]c3c(N4CC5CCC(C4)N5)nc(OC[C@@]45CCCN4C[C@H](F)C5)cc23)c2c(F)c(F)ccc2c1. The van der Waals surface area contributed by atoms with Crippen LogP contribution in [0.25, 0.3) is 32.9 Å². The molecule has 0 amide bonds. The standard InChI is InChI=1S/C30H31F3N6O2/c31-17-11-30(6-1-7-39(30)12-17)15-41-24-10-22-27(21-9-20(40)8-16-2-5-23(32)26(33)25(16)21)36-37-28(22)29(35-24)38-13-18-3-4-19(14-38)34-18/h2,5,8-10,17-19,34,40H,1,3-4,6-7,11-15H2,(H,36,37)/t17-,18?,19?,30+/m1/s1. The van der Waals surface area contributed by atoms with Gasteiger partial charge in [0.05, 0.1) is 5.54 Å². The fourth-order valence-electron chi connectivity index (χ4n) is 7.68. The van der Waals surface area contributed by atoms with Crippen LogP contribution in [0.2, 0.25) is 0 Å². The molecule has 214 valence electrons. The molecule has 4 saturated heterocycles. The number of halogens is 3. The predicted octanol–water partition coefficient (Wildman–Crippen LogP) is 4.66. The lowest BCUT2D eigenvalue weighted by Gasteiger charge is -2.34. The number of aromatic hydroxyl groups is 1. The number of aromatic nitrogens is 3. The number of benzene rings is 2. The molecular weight excluding hydrogens is 533 g/mol. The van der Waals surface area contributed by atoms with Gasteiger partial charge in [0, 0.05) is 60.5 Å². The summed E-state index contributed by atoms with van der Waals surface area (Å²) in [5.41, 5.74) is 0.948. The fraction of sp³-hybridized carbons (Fsp3) is 0.467. The highest BCUT2D eigenvalue weighted by atomic mass is 19.2. The number of anilines is 1. The molecule has 8 rings (SSSR count). The van der Waals surface area contributed by atoms with E-state index >= 15 is 4.39 Å². The maximum atomic E-state index is 15.2. The number of fused-ring (bicyclic) bond motifs is 5. The van der Waals surface area contributed by atoms with Gasteiger partial charge in [0.2, 0.25) is 5.88 Å². The average molecular weight is 565 g/mol. The normalized spacial score (nSPS) is 27.8. The average Bonchev–Trinajstić information content (AvgIpc) is 3.70. The summed E-state index contributed by atoms with van der Waals surface area (Å²) in [6, 6.07) is 7.77. The summed E-state index contributed by atoms with van der Waals surface area (Å²) < 4.78 is 50.4. The largest absolute Gasteiger partial charge is 0.508 e. The fourth-order valence-corrected chi connectivity index (χ4v) is 7.68. The predicted molar refractivity (Wildman–Crippen MR) is 149 cm³/mol. The molecular formula is C30H31F3N6O2. The number of H-pyrrole nitrogens is 1. The molecule has 4 aliphatic heterocycles. The van der Waals surface area contributed by atoms with Gasteiger partial charge in [0.15, 0.2) is 17.5 Å². The first-order chi connectivity index (χ1) is 19.9. The van der Waals surface area contributed by atoms with Crippen molar-refractivity contribution in [3.63, 3.8) is 0 Å². The molecule has 2 bridgehead atoms. The summed E-state index contributed by atoms with van der Waals surface area (Å²) in [5.74, 6) is -1.00. The van der Waals surface area contributed by atoms with Gasteiger partial charge in [-0.25, -0.2) is 13.2 Å². The number of phenols is 1. The van der Waals surface area contributed by atoms with Crippen molar-refractivity contribution in [3.05, 3.63) is 42.0 Å². The van der Waals surface area contributed by atoms with Crippen LogP contribution >= 0.6 is 0 Å². The van der Waals surface area contributed by atoms with E-state index in [1.54, 1.807) is 6.07 Å². The van der Waals surface area contributed by atoms with Crippen molar-refractivity contribution in [3.8, 4) is 22.9 Å². The molecule has 8 nitrogen and oxygen atoms in total. The second-order valence-electron chi connectivity index (χ2n) is 12.1. The Morgan fingerprint density at radius 1 is 1.10 bits per heavy atom. The van der Waals surface area contributed by atoms with Crippen LogP contribution in [0.15, 0.2) is 30.3 Å². The van der Waals surface area contributed by atoms with Gasteiger partial charge in [-0.1, -0.05) is 6.07 Å². The Kier molecular flexibility index (Phi) is 5.66. The zero-order valence-electron chi connectivity index (χ0n) is 22.5. The molecule has 4 aromatic rings. The van der Waals surface area contributed by atoms with Crippen LogP contribution in [0.1, 0.15) is 32.1 Å². The van der Waals surface area contributed by atoms with Crippen LogP contribution in [0.4, 0.5) is 19.0 Å². The number of aromatic amines is 1. The maximum Gasteiger partial charge on any atom is 0.216 e. The van der Waals surface area contributed by atoms with Gasteiger partial charge in [0.1, 0.15) is 29.7 Å². The summed E-state index contributed by atoms with van der Waals surface area (Å²) in [4.78, 5) is 9.36. The minimum absolute atomic E-state index is 0.0395. The first-order valence-electron chi connectivity index (χ1n) is 14.4. The van der Waals surface area contributed by atoms with E-state index in [0.717, 1.165) is 51.4 Å². The number of phenolic OH excluding ortho intramolecular Hbond substituents is 1. The molecule has 2 aromatic heterocycles. The van der Waals surface area contributed by atoms with Gasteiger partial charge >= 0.3 is 0 Å². The molecule has 41 heavy (non-hydrogen) atoms. The van der Waals surface area contributed by atoms with E-state index in [1.165, 1.54) is 18.2 Å². The zero-order chi connectivity index (χ0) is 27.9. The Labute approximate surface area is 234 Å². The summed E-state index contributed by atoms with van der Waals surface area (Å²) in [5, 5.41) is 22.8. The molecule has 2 unspecified atom stereocenters. The van der Waals surface area contributed by atoms with Crippen LogP contribution in [-0.2, 0) is 0 Å². The van der Waals surface area contributed by atoms with Crippen LogP contribution < -0.4 is 15.0 Å². The van der Waals surface area contributed by atoms with Crippen molar-refractivity contribution in [2.45, 2.75) is 55.9 Å². The summed E-state index contributed by atoms with van der Waals surface area (Å²) in [7, 11) is 0. The second-order valence-corrected chi connectivity index (χ2v) is 12.1. The van der Waals surface area contributed by atoms with Gasteiger partial charge in [-0.05, 0) is 55.8 Å². The van der Waals surface area contributed by atoms with E-state index < -0.39 is 17.8 Å². The van der Waals surface area contributed by atoms with E-state index in [4.69, 9.17) is 9.72 Å². The van der Waals surface area contributed by atoms with Crippen LogP contribution in [-0.4, -0.2) is 81.8 Å². The highest BCUT2D eigenvalue weighted by molar-refractivity contribution is 6.06. The van der Waals surface area contributed by atoms with Crippen LogP contribution in [0, 0.1) is 11.6 Å². The molecule has 3 N–H and O–H groups in total. The third kappa shape index (κ3) is 4.04. The van der Waals surface area contributed by atoms with E-state index in [2.05, 4.69) is 25.3 Å². The van der Waals surface area contributed by atoms with Gasteiger partial charge in [-0.3, -0.25) is 10.00 Å². The number of rotatable bonds is 5. The number of nitrogens with one attached hydrogen (secondary N) is 2. The van der Waals surface area contributed by atoms with Crippen molar-refractivity contribution in [2.75, 3.05) is 37.7 Å². The Morgan fingerprint density at radius 3 is 2.76 bits per heavy atom. The quantitative estimate of drug-likeness (QED) is 0.325. The molecule has 4 atom stereocenters. The van der Waals surface area contributed by atoms with Crippen molar-refractivity contribution >= 4 is 27.5 Å². The minimum Gasteiger partial charge on any atom is -0.508 e. The smallest absolute Gasteiger partial charge is 0.216 e. The number of hydrogen-bond donors (Lipinski definition) is 3. The molecule has 4 fully saturated rings. The lowest BCUT2D eigenvalue weighted by molar-refractivity contribution is 0.111. The first-order valence-corrected chi connectivity index (χ1v) is 14.4. The molecule has 2 aromatic carbocycles. The Hall–Kier alpha value is -3.57. The summed E-state index contributed by atoms with van der Waals surface area (Å²) in [6.45, 7) is 3.16. The van der Waals surface area contributed by atoms with Crippen molar-refractivity contribution < 1.29 is 23.0 Å². The van der Waals surface area contributed by atoms with Crippen molar-refractivity contribution in [1.29, 1.82) is 0 Å². The van der Waals surface area contributed by atoms with Crippen LogP contribution in [0.3, 0.4) is 0 Å². The third-order valence-corrected chi connectivity index (χ3v) is 9.52. The summed E-state index contributed by atoms with van der Waals surface area (Å²) in [6.07, 6.45) is 3.66. The highest BCUT2D eigenvalue weighted by Crippen LogP contribution is 2.43. The van der Waals surface area contributed by atoms with E-state index in [-0.39, 0.29) is 22.2 Å². The Balaban J connectivity index is 1.26. The van der Waals surface area contributed by atoms with E-state index in [1.807, 2.05) is 0 Å². The molecule has 4 aliphatic rings. The van der Waals surface area contributed by atoms with Gasteiger partial charge < -0.3 is 20.1 Å². The third-order valence-electron chi connectivity index (χ3n) is 9.52. The number of hydrogen-bond acceptors (Lipinski definition) is 7. The molecule has 0 spiro atoms. The lowest BCUT2D eigenvalue weighted by Crippen LogP contribution is -2.51. The molecule has 0 radical (unpaired) electrons. The second kappa shape index (κ2) is 9.22.